The van der Waals surface area contributed by atoms with Crippen molar-refractivity contribution in [1.82, 2.24) is 10.2 Å². The smallest absolute Gasteiger partial charge is 0.292 e. The van der Waals surface area contributed by atoms with E-state index in [-0.39, 0.29) is 30.0 Å². The minimum absolute atomic E-state index is 0.0125. The normalized spacial score (nSPS) is 14.8. The molecule has 0 radical (unpaired) electrons. The van der Waals surface area contributed by atoms with Gasteiger partial charge in [-0.25, -0.2) is 0 Å². The predicted molar refractivity (Wildman–Crippen MR) is 110 cm³/mol. The third-order valence-corrected chi connectivity index (χ3v) is 4.71. The molecule has 2 aromatic carbocycles. The molecule has 0 unspecified atom stereocenters. The van der Waals surface area contributed by atoms with Crippen LogP contribution in [0.3, 0.4) is 0 Å². The lowest BCUT2D eigenvalue weighted by Gasteiger charge is -2.32. The fourth-order valence-electron chi connectivity index (χ4n) is 3.34. The van der Waals surface area contributed by atoms with Gasteiger partial charge in [-0.1, -0.05) is 36.4 Å². The third-order valence-electron chi connectivity index (χ3n) is 4.71. The molecule has 0 aliphatic carbocycles. The quantitative estimate of drug-likeness (QED) is 0.427. The van der Waals surface area contributed by atoms with Crippen LogP contribution in [0.5, 0.6) is 0 Å². The van der Waals surface area contributed by atoms with Crippen LogP contribution in [-0.2, 0) is 9.59 Å². The van der Waals surface area contributed by atoms with E-state index in [4.69, 9.17) is 0 Å². The summed E-state index contributed by atoms with van der Waals surface area (Å²) in [6, 6.07) is 13.7. The molecular weight excluding hydrogens is 372 g/mol. The first-order valence-electron chi connectivity index (χ1n) is 9.27. The number of carbonyl (C=O) groups is 2. The van der Waals surface area contributed by atoms with E-state index >= 15 is 0 Å². The van der Waals surface area contributed by atoms with Crippen LogP contribution in [0.2, 0.25) is 0 Å². The Morgan fingerprint density at radius 3 is 2.59 bits per heavy atom. The zero-order valence-corrected chi connectivity index (χ0v) is 16.0. The molecule has 2 amide bonds. The Balaban J connectivity index is 1.57. The number of para-hydroxylation sites is 2. The number of nitro groups is 1. The molecule has 8 nitrogen and oxygen atoms in total. The summed E-state index contributed by atoms with van der Waals surface area (Å²) in [5, 5.41) is 16.8. The van der Waals surface area contributed by atoms with E-state index in [0.717, 1.165) is 11.1 Å². The summed E-state index contributed by atoms with van der Waals surface area (Å²) in [5.74, 6) is -0.331. The highest BCUT2D eigenvalue weighted by Gasteiger charge is 2.28. The van der Waals surface area contributed by atoms with Crippen molar-refractivity contribution < 1.29 is 14.5 Å². The second-order valence-corrected chi connectivity index (χ2v) is 6.64. The zero-order chi connectivity index (χ0) is 20.8. The first-order chi connectivity index (χ1) is 14.0. The van der Waals surface area contributed by atoms with Gasteiger partial charge in [0.05, 0.1) is 17.4 Å². The summed E-state index contributed by atoms with van der Waals surface area (Å²) in [6.07, 6.45) is 3.70. The van der Waals surface area contributed by atoms with E-state index in [0.29, 0.717) is 18.8 Å². The van der Waals surface area contributed by atoms with Crippen molar-refractivity contribution in [2.45, 2.75) is 19.4 Å². The summed E-state index contributed by atoms with van der Waals surface area (Å²) in [4.78, 5) is 36.6. The maximum atomic E-state index is 12.5. The van der Waals surface area contributed by atoms with Crippen LogP contribution in [0.15, 0.2) is 54.7 Å². The number of hydrogen-bond acceptors (Lipinski definition) is 5. The van der Waals surface area contributed by atoms with Crippen LogP contribution < -0.4 is 10.6 Å². The van der Waals surface area contributed by atoms with Gasteiger partial charge in [-0.3, -0.25) is 19.7 Å². The van der Waals surface area contributed by atoms with E-state index in [1.165, 1.54) is 13.0 Å². The Hall–Kier alpha value is -3.68. The molecule has 29 heavy (non-hydrogen) atoms. The van der Waals surface area contributed by atoms with Gasteiger partial charge in [0.15, 0.2) is 0 Å². The van der Waals surface area contributed by atoms with E-state index < -0.39 is 4.92 Å². The molecular formula is C21H22N4O4. The second kappa shape index (κ2) is 9.01. The molecule has 1 heterocycles. The maximum absolute atomic E-state index is 12.5. The van der Waals surface area contributed by atoms with Gasteiger partial charge in [-0.15, -0.1) is 0 Å². The number of rotatable bonds is 7. The lowest BCUT2D eigenvalue weighted by Crippen LogP contribution is -2.36. The lowest BCUT2D eigenvalue weighted by molar-refractivity contribution is -0.384. The highest BCUT2D eigenvalue weighted by atomic mass is 16.6. The number of hydrogen-bond donors (Lipinski definition) is 2. The maximum Gasteiger partial charge on any atom is 0.292 e. The van der Waals surface area contributed by atoms with Crippen molar-refractivity contribution in [3.05, 3.63) is 76.0 Å². The average molecular weight is 394 g/mol. The molecule has 1 aliphatic heterocycles. The van der Waals surface area contributed by atoms with E-state index in [2.05, 4.69) is 10.6 Å². The van der Waals surface area contributed by atoms with Gasteiger partial charge in [0, 0.05) is 32.3 Å². The van der Waals surface area contributed by atoms with Crippen molar-refractivity contribution in [2.75, 3.05) is 18.4 Å². The minimum Gasteiger partial charge on any atom is -0.378 e. The van der Waals surface area contributed by atoms with E-state index in [9.17, 15) is 19.7 Å². The van der Waals surface area contributed by atoms with E-state index in [1.807, 2.05) is 30.3 Å². The number of nitrogens with one attached hydrogen (secondary N) is 2. The van der Waals surface area contributed by atoms with Crippen molar-refractivity contribution in [1.29, 1.82) is 0 Å². The summed E-state index contributed by atoms with van der Waals surface area (Å²) in [5.41, 5.74) is 2.31. The molecule has 0 bridgehead atoms. The number of nitrogens with zero attached hydrogens (tertiary/aromatic N) is 2. The number of fused-ring (bicyclic) bond motifs is 1. The van der Waals surface area contributed by atoms with Gasteiger partial charge in [-0.05, 0) is 23.3 Å². The number of carbonyl (C=O) groups excluding carboxylic acids is 2. The fourth-order valence-corrected chi connectivity index (χ4v) is 3.34. The van der Waals surface area contributed by atoms with E-state index in [1.54, 1.807) is 29.3 Å². The number of anilines is 1. The number of amides is 2. The molecule has 0 spiro atoms. The molecule has 8 heteroatoms. The largest absolute Gasteiger partial charge is 0.378 e. The van der Waals surface area contributed by atoms with Crippen molar-refractivity contribution in [3.63, 3.8) is 0 Å². The van der Waals surface area contributed by atoms with Crippen LogP contribution in [0.1, 0.15) is 30.5 Å². The third kappa shape index (κ3) is 4.78. The average Bonchev–Trinajstić information content (AvgIpc) is 2.71. The van der Waals surface area contributed by atoms with Crippen LogP contribution in [0.4, 0.5) is 11.4 Å². The minimum atomic E-state index is -0.453. The molecule has 0 aromatic heterocycles. The Morgan fingerprint density at radius 1 is 1.10 bits per heavy atom. The summed E-state index contributed by atoms with van der Waals surface area (Å²) >= 11 is 0. The van der Waals surface area contributed by atoms with Crippen LogP contribution in [0, 0.1) is 10.1 Å². The van der Waals surface area contributed by atoms with Gasteiger partial charge in [0.1, 0.15) is 5.69 Å². The fraction of sp³-hybridized carbons (Fsp3) is 0.238. The van der Waals surface area contributed by atoms with Gasteiger partial charge in [-0.2, -0.15) is 0 Å². The molecule has 0 fully saturated rings. The van der Waals surface area contributed by atoms with Crippen LogP contribution in [-0.4, -0.2) is 34.7 Å². The van der Waals surface area contributed by atoms with Gasteiger partial charge >= 0.3 is 0 Å². The van der Waals surface area contributed by atoms with Crippen molar-refractivity contribution in [3.8, 4) is 0 Å². The second-order valence-electron chi connectivity index (χ2n) is 6.64. The molecule has 1 aliphatic rings. The lowest BCUT2D eigenvalue weighted by atomic mass is 9.93. The number of nitro benzene ring substituents is 1. The van der Waals surface area contributed by atoms with Crippen LogP contribution >= 0.6 is 0 Å². The van der Waals surface area contributed by atoms with Crippen molar-refractivity contribution in [2.24, 2.45) is 0 Å². The standard InChI is InChI=1S/C21H22N4O4/c1-15(26)24-13-10-16-6-2-3-7-17(16)20(24)14-21(27)23-12-11-22-18-8-4-5-9-19(18)25(28)29/h2-10,13,20,22H,11-12,14H2,1H3,(H,23,27)/t20-/m0/s1. The summed E-state index contributed by atoms with van der Waals surface area (Å²) in [6.45, 7) is 2.11. The van der Waals surface area contributed by atoms with Gasteiger partial charge in [0.25, 0.3) is 5.69 Å². The zero-order valence-electron chi connectivity index (χ0n) is 16.0. The summed E-state index contributed by atoms with van der Waals surface area (Å²) < 4.78 is 0. The molecule has 1 atom stereocenters. The molecule has 3 rings (SSSR count). The molecule has 150 valence electrons. The Bertz CT molecular complexity index is 957. The van der Waals surface area contributed by atoms with Gasteiger partial charge < -0.3 is 15.5 Å². The first-order valence-corrected chi connectivity index (χ1v) is 9.27. The van der Waals surface area contributed by atoms with Crippen molar-refractivity contribution >= 4 is 29.3 Å². The molecule has 0 saturated carbocycles. The Kier molecular flexibility index (Phi) is 6.23. The Labute approximate surface area is 168 Å². The highest BCUT2D eigenvalue weighted by molar-refractivity contribution is 5.81. The van der Waals surface area contributed by atoms with Crippen LogP contribution in [0.25, 0.3) is 6.08 Å². The summed E-state index contributed by atoms with van der Waals surface area (Å²) in [7, 11) is 0. The topological polar surface area (TPSA) is 105 Å². The Morgan fingerprint density at radius 2 is 1.83 bits per heavy atom. The first kappa shape index (κ1) is 20.1. The van der Waals surface area contributed by atoms with Gasteiger partial charge in [0.2, 0.25) is 11.8 Å². The highest BCUT2D eigenvalue weighted by Crippen LogP contribution is 2.32. The monoisotopic (exact) mass is 394 g/mol. The number of benzene rings is 2. The molecule has 2 N–H and O–H groups in total. The predicted octanol–water partition coefficient (Wildman–Crippen LogP) is 3.09. The molecule has 0 saturated heterocycles. The molecule has 2 aromatic rings. The SMILES string of the molecule is CC(=O)N1C=Cc2ccccc2[C@@H]1CC(=O)NCCNc1ccccc1[N+](=O)[O-].